The van der Waals surface area contributed by atoms with Crippen molar-refractivity contribution >= 4 is 5.97 Å². The zero-order valence-electron chi connectivity index (χ0n) is 9.69. The van der Waals surface area contributed by atoms with Crippen LogP contribution in [0.15, 0.2) is 4.42 Å². The lowest BCUT2D eigenvalue weighted by Crippen LogP contribution is -2.11. The van der Waals surface area contributed by atoms with Crippen LogP contribution in [-0.2, 0) is 0 Å². The van der Waals surface area contributed by atoms with Crippen molar-refractivity contribution in [2.75, 3.05) is 0 Å². The van der Waals surface area contributed by atoms with Crippen LogP contribution in [-0.4, -0.2) is 16.1 Å². The number of carbonyl (C=O) groups is 1. The molecule has 0 atom stereocenters. The molecular weight excluding hydrogens is 206 g/mol. The molecule has 1 heterocycles. The Morgan fingerprint density at radius 3 is 2.50 bits per heavy atom. The zero-order valence-corrected chi connectivity index (χ0v) is 9.69. The third-order valence-electron chi connectivity index (χ3n) is 3.38. The second kappa shape index (κ2) is 4.28. The fourth-order valence-electron chi connectivity index (χ4n) is 2.30. The zero-order chi connectivity index (χ0) is 11.7. The lowest BCUT2D eigenvalue weighted by atomic mass is 9.83. The number of rotatable bonds is 2. The highest BCUT2D eigenvalue weighted by atomic mass is 16.4. The van der Waals surface area contributed by atoms with Gasteiger partial charge >= 0.3 is 5.97 Å². The molecule has 0 saturated heterocycles. The van der Waals surface area contributed by atoms with Crippen molar-refractivity contribution in [3.05, 3.63) is 17.3 Å². The van der Waals surface area contributed by atoms with Crippen LogP contribution in [0.25, 0.3) is 0 Å². The Kier molecular flexibility index (Phi) is 2.99. The summed E-state index contributed by atoms with van der Waals surface area (Å²) in [4.78, 5) is 14.9. The number of nitrogens with zero attached hydrogens (tertiary/aromatic N) is 1. The van der Waals surface area contributed by atoms with E-state index in [9.17, 15) is 4.79 Å². The van der Waals surface area contributed by atoms with Crippen LogP contribution < -0.4 is 0 Å². The molecule has 0 aliphatic heterocycles. The van der Waals surface area contributed by atoms with E-state index in [0.717, 1.165) is 18.8 Å². The number of carboxylic acid groups (broad SMARTS) is 1. The van der Waals surface area contributed by atoms with Gasteiger partial charge in [-0.2, -0.15) is 0 Å². The molecule has 4 heteroatoms. The Bertz CT molecular complexity index is 389. The van der Waals surface area contributed by atoms with Gasteiger partial charge in [0.1, 0.15) is 5.76 Å². The molecule has 0 radical (unpaired) electrons. The molecular formula is C12H17NO3. The Balaban J connectivity index is 2.15. The Morgan fingerprint density at radius 2 is 2.00 bits per heavy atom. The van der Waals surface area contributed by atoms with Crippen LogP contribution in [0.1, 0.15) is 60.7 Å². The molecule has 1 aromatic heterocycles. The molecule has 2 rings (SSSR count). The molecule has 1 fully saturated rings. The van der Waals surface area contributed by atoms with Crippen molar-refractivity contribution in [3.63, 3.8) is 0 Å². The lowest BCUT2D eigenvalue weighted by Gasteiger charge is -2.23. The Morgan fingerprint density at radius 1 is 1.38 bits per heavy atom. The fraction of sp³-hybridized carbons (Fsp3) is 0.667. The molecule has 0 amide bonds. The highest BCUT2D eigenvalue weighted by Gasteiger charge is 2.26. The molecule has 1 aromatic rings. The molecule has 1 saturated carbocycles. The predicted molar refractivity (Wildman–Crippen MR) is 58.6 cm³/mol. The summed E-state index contributed by atoms with van der Waals surface area (Å²) >= 11 is 0. The molecule has 16 heavy (non-hydrogen) atoms. The van der Waals surface area contributed by atoms with Crippen LogP contribution in [0, 0.1) is 12.8 Å². The summed E-state index contributed by atoms with van der Waals surface area (Å²) in [6.07, 6.45) is 4.46. The minimum Gasteiger partial charge on any atom is -0.476 e. The third kappa shape index (κ3) is 2.10. The van der Waals surface area contributed by atoms with E-state index in [1.807, 2.05) is 0 Å². The molecule has 1 aliphatic carbocycles. The van der Waals surface area contributed by atoms with Crippen molar-refractivity contribution in [1.29, 1.82) is 0 Å². The van der Waals surface area contributed by atoms with Crippen molar-refractivity contribution in [2.45, 2.75) is 45.4 Å². The first-order chi connectivity index (χ1) is 7.58. The number of oxazole rings is 1. The lowest BCUT2D eigenvalue weighted by molar-refractivity contribution is 0.0689. The van der Waals surface area contributed by atoms with E-state index in [1.54, 1.807) is 6.92 Å². The van der Waals surface area contributed by atoms with Gasteiger partial charge in [-0.25, -0.2) is 9.78 Å². The van der Waals surface area contributed by atoms with Gasteiger partial charge in [0.15, 0.2) is 11.6 Å². The van der Waals surface area contributed by atoms with Gasteiger partial charge in [0.25, 0.3) is 0 Å². The topological polar surface area (TPSA) is 63.3 Å². The van der Waals surface area contributed by atoms with E-state index in [0.29, 0.717) is 17.6 Å². The number of aryl methyl sites for hydroxylation is 1. The van der Waals surface area contributed by atoms with Gasteiger partial charge in [-0.15, -0.1) is 0 Å². The third-order valence-corrected chi connectivity index (χ3v) is 3.38. The standard InChI is InChI=1S/C12H17NO3/c1-7-3-5-9(6-4-7)11-13-10(12(14)15)8(2)16-11/h7,9H,3-6H2,1-2H3,(H,14,15). The van der Waals surface area contributed by atoms with Crippen molar-refractivity contribution in [1.82, 2.24) is 4.98 Å². The van der Waals surface area contributed by atoms with E-state index in [-0.39, 0.29) is 5.69 Å². The molecule has 0 bridgehead atoms. The van der Waals surface area contributed by atoms with Crippen LogP contribution in [0.3, 0.4) is 0 Å². The monoisotopic (exact) mass is 223 g/mol. The largest absolute Gasteiger partial charge is 0.476 e. The predicted octanol–water partition coefficient (Wildman–Crippen LogP) is 2.97. The van der Waals surface area contributed by atoms with Gasteiger partial charge in [-0.1, -0.05) is 6.92 Å². The van der Waals surface area contributed by atoms with E-state index in [4.69, 9.17) is 9.52 Å². The smallest absolute Gasteiger partial charge is 0.358 e. The quantitative estimate of drug-likeness (QED) is 0.837. The molecule has 0 aromatic carbocycles. The minimum atomic E-state index is -1.00. The average Bonchev–Trinajstić information content (AvgIpc) is 2.61. The maximum absolute atomic E-state index is 10.8. The SMILES string of the molecule is Cc1oc(C2CCC(C)CC2)nc1C(=O)O. The summed E-state index contributed by atoms with van der Waals surface area (Å²) in [5, 5.41) is 8.90. The van der Waals surface area contributed by atoms with Crippen LogP contribution in [0.5, 0.6) is 0 Å². The van der Waals surface area contributed by atoms with Gasteiger partial charge < -0.3 is 9.52 Å². The molecule has 0 unspecified atom stereocenters. The summed E-state index contributed by atoms with van der Waals surface area (Å²) in [5.74, 6) is 1.11. The summed E-state index contributed by atoms with van der Waals surface area (Å²) < 4.78 is 5.46. The maximum Gasteiger partial charge on any atom is 0.358 e. The van der Waals surface area contributed by atoms with Gasteiger partial charge in [0.05, 0.1) is 0 Å². The number of aromatic nitrogens is 1. The number of hydrogen-bond donors (Lipinski definition) is 1. The van der Waals surface area contributed by atoms with Gasteiger partial charge in [0, 0.05) is 5.92 Å². The molecule has 1 aliphatic rings. The molecule has 88 valence electrons. The summed E-state index contributed by atoms with van der Waals surface area (Å²) in [6.45, 7) is 3.91. The van der Waals surface area contributed by atoms with Crippen LogP contribution in [0.4, 0.5) is 0 Å². The second-order valence-corrected chi connectivity index (χ2v) is 4.72. The van der Waals surface area contributed by atoms with Crippen molar-refractivity contribution in [2.24, 2.45) is 5.92 Å². The second-order valence-electron chi connectivity index (χ2n) is 4.72. The van der Waals surface area contributed by atoms with E-state index < -0.39 is 5.97 Å². The fourth-order valence-corrected chi connectivity index (χ4v) is 2.30. The number of aromatic carboxylic acids is 1. The number of hydrogen-bond acceptors (Lipinski definition) is 3. The number of carboxylic acids is 1. The summed E-state index contributed by atoms with van der Waals surface area (Å²) in [5.41, 5.74) is 0.0635. The molecule has 0 spiro atoms. The normalized spacial score (nSPS) is 25.6. The van der Waals surface area contributed by atoms with Crippen molar-refractivity contribution in [3.8, 4) is 0 Å². The highest BCUT2D eigenvalue weighted by Crippen LogP contribution is 2.35. The first-order valence-corrected chi connectivity index (χ1v) is 5.78. The minimum absolute atomic E-state index is 0.0635. The van der Waals surface area contributed by atoms with Gasteiger partial charge in [-0.05, 0) is 38.5 Å². The van der Waals surface area contributed by atoms with Crippen molar-refractivity contribution < 1.29 is 14.3 Å². The summed E-state index contributed by atoms with van der Waals surface area (Å²) in [7, 11) is 0. The van der Waals surface area contributed by atoms with E-state index in [2.05, 4.69) is 11.9 Å². The van der Waals surface area contributed by atoms with Crippen LogP contribution >= 0.6 is 0 Å². The van der Waals surface area contributed by atoms with E-state index in [1.165, 1.54) is 12.8 Å². The average molecular weight is 223 g/mol. The first-order valence-electron chi connectivity index (χ1n) is 5.78. The van der Waals surface area contributed by atoms with Gasteiger partial charge in [-0.3, -0.25) is 0 Å². The molecule has 1 N–H and O–H groups in total. The Labute approximate surface area is 94.7 Å². The Hall–Kier alpha value is -1.32. The summed E-state index contributed by atoms with van der Waals surface area (Å²) in [6, 6.07) is 0. The first kappa shape index (κ1) is 11.2. The van der Waals surface area contributed by atoms with Gasteiger partial charge in [0.2, 0.25) is 0 Å². The van der Waals surface area contributed by atoms with Crippen LogP contribution in [0.2, 0.25) is 0 Å². The molecule has 4 nitrogen and oxygen atoms in total. The van der Waals surface area contributed by atoms with E-state index >= 15 is 0 Å². The highest BCUT2D eigenvalue weighted by molar-refractivity contribution is 5.86. The maximum atomic E-state index is 10.8.